The summed E-state index contributed by atoms with van der Waals surface area (Å²) < 4.78 is 22.7. The van der Waals surface area contributed by atoms with Crippen LogP contribution >= 0.6 is 0 Å². The van der Waals surface area contributed by atoms with E-state index in [-0.39, 0.29) is 44.6 Å². The number of esters is 1. The number of carboxylic acid groups (broad SMARTS) is 1. The van der Waals surface area contributed by atoms with Crippen LogP contribution in [0.25, 0.3) is 0 Å². The second-order valence-corrected chi connectivity index (χ2v) is 17.4. The zero-order valence-electron chi connectivity index (χ0n) is 36.8. The lowest BCUT2D eigenvalue weighted by atomic mass is 9.82. The van der Waals surface area contributed by atoms with Crippen molar-refractivity contribution in [2.75, 3.05) is 6.61 Å². The Labute approximate surface area is 374 Å². The molecule has 0 unspecified atom stereocenters. The van der Waals surface area contributed by atoms with E-state index in [1.807, 2.05) is 43.4 Å². The summed E-state index contributed by atoms with van der Waals surface area (Å²) in [7, 11) is 0. The number of aliphatic hydroxyl groups excluding tert-OH is 10. The Balaban J connectivity index is 1.83. The quantitative estimate of drug-likeness (QED) is 0.172. The SMILES string of the molecule is C[C@@H]1/C=C/C=C/CC/C=C/C=C/C=C/C=C/[C@H](O[C@@H]2O[C@H](C)[C@@H](O)[C@H](O)[C@@H]2O)C[C@H]2O[C@](O)(C[C@H](O)[C@H]2C(=O)O)C[C@H](O)[C@H](O)CC[C@H](O)C[C@H](O)C[C@H](O)CC(=O)OC[C@H](C)[C@@H]1O. The van der Waals surface area contributed by atoms with Crippen molar-refractivity contribution >= 4 is 11.9 Å². The van der Waals surface area contributed by atoms with Gasteiger partial charge in [-0.2, -0.15) is 0 Å². The van der Waals surface area contributed by atoms with Crippen molar-refractivity contribution in [1.82, 2.24) is 0 Å². The maximum absolute atomic E-state index is 12.4. The predicted octanol–water partition coefficient (Wildman–Crippen LogP) is 0.581. The molecule has 2 fully saturated rings. The smallest absolute Gasteiger partial charge is 0.311 e. The fraction of sp³-hybridized carbons (Fsp3) is 0.696. The molecule has 364 valence electrons. The third-order valence-corrected chi connectivity index (χ3v) is 11.6. The van der Waals surface area contributed by atoms with Crippen LogP contribution in [0.15, 0.2) is 72.9 Å². The average Bonchev–Trinajstić information content (AvgIpc) is 3.21. The van der Waals surface area contributed by atoms with Crippen LogP contribution in [0.4, 0.5) is 0 Å². The number of ether oxygens (including phenoxy) is 4. The Morgan fingerprint density at radius 2 is 1.27 bits per heavy atom. The molecule has 18 atom stereocenters. The molecule has 0 saturated carbocycles. The Kier molecular flexibility index (Phi) is 23.7. The van der Waals surface area contributed by atoms with Gasteiger partial charge in [0.2, 0.25) is 0 Å². The monoisotopic (exact) mass is 912 g/mol. The molecule has 64 heavy (non-hydrogen) atoms. The number of fused-ring (bicyclic) bond motifs is 2. The van der Waals surface area contributed by atoms with Gasteiger partial charge in [0.05, 0.1) is 74.1 Å². The molecule has 0 aromatic carbocycles. The largest absolute Gasteiger partial charge is 0.481 e. The van der Waals surface area contributed by atoms with Gasteiger partial charge >= 0.3 is 11.9 Å². The van der Waals surface area contributed by atoms with Crippen molar-refractivity contribution in [2.24, 2.45) is 17.8 Å². The van der Waals surface area contributed by atoms with E-state index in [2.05, 4.69) is 0 Å². The molecule has 12 N–H and O–H groups in total. The summed E-state index contributed by atoms with van der Waals surface area (Å²) in [4.78, 5) is 24.8. The number of rotatable bonds is 3. The van der Waals surface area contributed by atoms with Crippen LogP contribution in [-0.2, 0) is 28.5 Å². The van der Waals surface area contributed by atoms with E-state index in [1.165, 1.54) is 13.0 Å². The Hall–Kier alpha value is -3.18. The molecule has 0 aromatic rings. The second-order valence-electron chi connectivity index (χ2n) is 17.4. The number of hydrogen-bond donors (Lipinski definition) is 12. The molecule has 3 rings (SSSR count). The molecular weight excluding hydrogens is 840 g/mol. The first-order valence-electron chi connectivity index (χ1n) is 22.1. The second kappa shape index (κ2) is 27.5. The summed E-state index contributed by atoms with van der Waals surface area (Å²) in [5.74, 6) is -6.84. The van der Waals surface area contributed by atoms with Crippen LogP contribution in [0, 0.1) is 17.8 Å². The van der Waals surface area contributed by atoms with Gasteiger partial charge < -0.3 is 80.2 Å². The van der Waals surface area contributed by atoms with Gasteiger partial charge in [-0.15, -0.1) is 0 Å². The molecule has 3 aliphatic heterocycles. The van der Waals surface area contributed by atoms with Gasteiger partial charge in [0, 0.05) is 31.1 Å². The van der Waals surface area contributed by atoms with E-state index < -0.39 is 134 Å². The van der Waals surface area contributed by atoms with Gasteiger partial charge in [-0.1, -0.05) is 86.8 Å². The third-order valence-electron chi connectivity index (χ3n) is 11.6. The summed E-state index contributed by atoms with van der Waals surface area (Å²) >= 11 is 0. The highest BCUT2D eigenvalue weighted by Crippen LogP contribution is 2.38. The minimum absolute atomic E-state index is 0.0899. The standard InChI is InChI=1S/C46H72O18/c1-27-16-14-12-10-8-6-4-5-7-9-11-13-15-17-33(63-45-43(57)42(56)41(55)29(3)62-45)23-37-39(44(58)59)36(52)25-46(60,64-37)24-35(51)34(50)19-18-30(47)20-31(48)21-32(49)22-38(53)61-26-28(2)40(27)54/h4-5,7,9-17,27-37,39-43,45,47-52,54-57,60H,6,8,18-26H2,1-3H3,(H,58,59)/b5-4+,9-7+,12-10+,13-11+,16-14+,17-15+/t27-,28+,29-,30+,31+,32+,33+,34-,35+,36+,37-,39-,40-,41-,42+,43+,45+,46+/m1/s1. The molecule has 0 aliphatic carbocycles. The third kappa shape index (κ3) is 18.6. The highest BCUT2D eigenvalue weighted by Gasteiger charge is 2.51. The molecule has 3 heterocycles. The number of cyclic esters (lactones) is 1. The molecule has 2 saturated heterocycles. The van der Waals surface area contributed by atoms with E-state index in [1.54, 1.807) is 37.3 Å². The van der Waals surface area contributed by atoms with Crippen LogP contribution in [-0.4, -0.2) is 171 Å². The summed E-state index contributed by atoms with van der Waals surface area (Å²) in [6.07, 6.45) is 0.221. The molecule has 18 nitrogen and oxygen atoms in total. The van der Waals surface area contributed by atoms with Crippen molar-refractivity contribution in [3.8, 4) is 0 Å². The maximum atomic E-state index is 12.4. The summed E-state index contributed by atoms with van der Waals surface area (Å²) in [5.41, 5.74) is 0. The highest BCUT2D eigenvalue weighted by atomic mass is 16.7. The van der Waals surface area contributed by atoms with Crippen molar-refractivity contribution in [1.29, 1.82) is 0 Å². The Morgan fingerprint density at radius 3 is 1.94 bits per heavy atom. The predicted molar refractivity (Wildman–Crippen MR) is 231 cm³/mol. The zero-order valence-corrected chi connectivity index (χ0v) is 36.8. The van der Waals surface area contributed by atoms with E-state index in [9.17, 15) is 70.9 Å². The van der Waals surface area contributed by atoms with Gasteiger partial charge in [-0.3, -0.25) is 9.59 Å². The molecule has 0 radical (unpaired) electrons. The van der Waals surface area contributed by atoms with Crippen molar-refractivity contribution in [3.63, 3.8) is 0 Å². The molecule has 0 amide bonds. The topological polar surface area (TPSA) is 314 Å². The molecule has 18 heteroatoms. The van der Waals surface area contributed by atoms with Crippen LogP contribution < -0.4 is 0 Å². The van der Waals surface area contributed by atoms with E-state index in [0.717, 1.165) is 12.8 Å². The number of carbonyl (C=O) groups is 2. The highest BCUT2D eigenvalue weighted by molar-refractivity contribution is 5.71. The summed E-state index contributed by atoms with van der Waals surface area (Å²) in [5, 5.41) is 128. The van der Waals surface area contributed by atoms with Gasteiger partial charge in [-0.25, -0.2) is 0 Å². The summed E-state index contributed by atoms with van der Waals surface area (Å²) in [6, 6.07) is 0. The van der Waals surface area contributed by atoms with Gasteiger partial charge in [-0.05, 0) is 45.4 Å². The lowest BCUT2D eigenvalue weighted by molar-refractivity contribution is -0.316. The van der Waals surface area contributed by atoms with Crippen LogP contribution in [0.1, 0.15) is 85.0 Å². The normalized spacial score (nSPS) is 44.6. The van der Waals surface area contributed by atoms with Crippen molar-refractivity contribution in [3.05, 3.63) is 72.9 Å². The molecule has 0 spiro atoms. The number of aliphatic hydroxyl groups is 11. The lowest BCUT2D eigenvalue weighted by Gasteiger charge is -2.45. The van der Waals surface area contributed by atoms with Crippen LogP contribution in [0.5, 0.6) is 0 Å². The maximum Gasteiger partial charge on any atom is 0.311 e. The molecular formula is C46H72O18. The first-order chi connectivity index (χ1) is 30.2. The molecule has 0 aromatic heterocycles. The Morgan fingerprint density at radius 1 is 0.672 bits per heavy atom. The van der Waals surface area contributed by atoms with Crippen molar-refractivity contribution in [2.45, 2.75) is 176 Å². The van der Waals surface area contributed by atoms with Crippen molar-refractivity contribution < 1.29 is 89.8 Å². The summed E-state index contributed by atoms with van der Waals surface area (Å²) in [6.45, 7) is 4.93. The minimum Gasteiger partial charge on any atom is -0.481 e. The van der Waals surface area contributed by atoms with E-state index in [0.29, 0.717) is 0 Å². The molecule has 3 aliphatic rings. The van der Waals surface area contributed by atoms with Gasteiger partial charge in [0.1, 0.15) is 24.2 Å². The average molecular weight is 913 g/mol. The minimum atomic E-state index is -2.37. The molecule has 2 bridgehead atoms. The number of carbonyl (C=O) groups excluding carboxylic acids is 1. The van der Waals surface area contributed by atoms with Gasteiger partial charge in [0.25, 0.3) is 0 Å². The first-order valence-corrected chi connectivity index (χ1v) is 22.1. The Bertz CT molecular complexity index is 1580. The lowest BCUT2D eigenvalue weighted by Crippen LogP contribution is -2.58. The number of allylic oxidation sites excluding steroid dienone is 10. The number of aliphatic carboxylic acids is 1. The van der Waals surface area contributed by atoms with Gasteiger partial charge in [0.15, 0.2) is 12.1 Å². The van der Waals surface area contributed by atoms with E-state index >= 15 is 0 Å². The van der Waals surface area contributed by atoms with Crippen LogP contribution in [0.2, 0.25) is 0 Å². The van der Waals surface area contributed by atoms with Crippen LogP contribution in [0.3, 0.4) is 0 Å². The fourth-order valence-corrected chi connectivity index (χ4v) is 7.84. The zero-order chi connectivity index (χ0) is 47.6. The van der Waals surface area contributed by atoms with E-state index in [4.69, 9.17) is 18.9 Å². The first kappa shape index (κ1) is 55.1. The number of hydrogen-bond acceptors (Lipinski definition) is 17. The fourth-order valence-electron chi connectivity index (χ4n) is 7.84. The number of carboxylic acids is 1.